The molecule has 0 radical (unpaired) electrons. The fraction of sp³-hybridized carbons (Fsp3) is 0.250. The molecule has 2 unspecified atom stereocenters. The molecule has 0 aliphatic heterocycles. The molecule has 3 rings (SSSR count). The normalized spacial score (nSPS) is 18.2. The van der Waals surface area contributed by atoms with Crippen LogP contribution < -0.4 is 11.3 Å². The lowest BCUT2D eigenvalue weighted by molar-refractivity contribution is 0.404. The number of nitrogens with one attached hydrogen (secondary N) is 1. The maximum absolute atomic E-state index is 6.30. The van der Waals surface area contributed by atoms with Crippen molar-refractivity contribution in [1.29, 1.82) is 0 Å². The lowest BCUT2D eigenvalue weighted by Gasteiger charge is -2.36. The Labute approximate surface area is 132 Å². The zero-order chi connectivity index (χ0) is 14.1. The summed E-state index contributed by atoms with van der Waals surface area (Å²) >= 11 is 9.73. The van der Waals surface area contributed by atoms with Crippen molar-refractivity contribution in [1.82, 2.24) is 5.43 Å². The number of rotatable bonds is 4. The third-order valence-electron chi connectivity index (χ3n) is 4.05. The van der Waals surface area contributed by atoms with Gasteiger partial charge in [0.25, 0.3) is 0 Å². The maximum Gasteiger partial charge on any atom is 0.0449 e. The Morgan fingerprint density at radius 1 is 1.30 bits per heavy atom. The summed E-state index contributed by atoms with van der Waals surface area (Å²) in [4.78, 5) is 0. The monoisotopic (exact) mass is 350 g/mol. The molecule has 0 bridgehead atoms. The van der Waals surface area contributed by atoms with Gasteiger partial charge in [0.15, 0.2) is 0 Å². The van der Waals surface area contributed by atoms with Gasteiger partial charge in [0, 0.05) is 21.5 Å². The van der Waals surface area contributed by atoms with Crippen molar-refractivity contribution in [2.45, 2.75) is 24.8 Å². The fourth-order valence-electron chi connectivity index (χ4n) is 2.90. The largest absolute Gasteiger partial charge is 0.271 e. The average molecular weight is 352 g/mol. The summed E-state index contributed by atoms with van der Waals surface area (Å²) < 4.78 is 0.998. The first-order valence-corrected chi connectivity index (χ1v) is 7.84. The highest BCUT2D eigenvalue weighted by atomic mass is 79.9. The summed E-state index contributed by atoms with van der Waals surface area (Å²) in [6.07, 6.45) is 1.92. The summed E-state index contributed by atoms with van der Waals surface area (Å²) in [7, 11) is 0. The Morgan fingerprint density at radius 3 is 2.80 bits per heavy atom. The molecule has 1 aliphatic carbocycles. The quantitative estimate of drug-likeness (QED) is 0.649. The second kappa shape index (κ2) is 5.86. The van der Waals surface area contributed by atoms with E-state index in [1.165, 1.54) is 11.1 Å². The molecule has 2 atom stereocenters. The van der Waals surface area contributed by atoms with Crippen molar-refractivity contribution in [2.75, 3.05) is 0 Å². The third-order valence-corrected chi connectivity index (χ3v) is 4.89. The van der Waals surface area contributed by atoms with Crippen LogP contribution in [0.3, 0.4) is 0 Å². The van der Waals surface area contributed by atoms with Crippen LogP contribution in [0.5, 0.6) is 0 Å². The summed E-state index contributed by atoms with van der Waals surface area (Å²) in [6.45, 7) is 0. The molecular formula is C16H16BrClN2. The summed E-state index contributed by atoms with van der Waals surface area (Å²) in [5.74, 6) is 6.23. The molecule has 104 valence electrons. The minimum absolute atomic E-state index is 0.212. The molecule has 1 aliphatic rings. The second-order valence-corrected chi connectivity index (χ2v) is 6.55. The highest BCUT2D eigenvalue weighted by Gasteiger charge is 2.32. The van der Waals surface area contributed by atoms with Crippen LogP contribution in [0, 0.1) is 0 Å². The average Bonchev–Trinajstić information content (AvgIpc) is 2.41. The van der Waals surface area contributed by atoms with E-state index in [-0.39, 0.29) is 6.04 Å². The molecule has 0 heterocycles. The van der Waals surface area contributed by atoms with E-state index in [0.717, 1.165) is 27.9 Å². The zero-order valence-corrected chi connectivity index (χ0v) is 13.3. The smallest absolute Gasteiger partial charge is 0.0449 e. The van der Waals surface area contributed by atoms with Gasteiger partial charge in [-0.05, 0) is 41.7 Å². The number of hydrogen-bond donors (Lipinski definition) is 2. The lowest BCUT2D eigenvalue weighted by atomic mass is 9.72. The van der Waals surface area contributed by atoms with Gasteiger partial charge in [0.1, 0.15) is 0 Å². The number of fused-ring (bicyclic) bond motifs is 1. The van der Waals surface area contributed by atoms with E-state index in [0.29, 0.717) is 5.92 Å². The van der Waals surface area contributed by atoms with Crippen LogP contribution in [-0.4, -0.2) is 6.04 Å². The number of nitrogens with two attached hydrogens (primary N) is 1. The van der Waals surface area contributed by atoms with Gasteiger partial charge in [-0.15, -0.1) is 0 Å². The topological polar surface area (TPSA) is 38.0 Å². The Balaban J connectivity index is 1.79. The van der Waals surface area contributed by atoms with E-state index >= 15 is 0 Å². The van der Waals surface area contributed by atoms with Gasteiger partial charge in [-0.1, -0.05) is 57.9 Å². The Hall–Kier alpha value is -0.870. The summed E-state index contributed by atoms with van der Waals surface area (Å²) in [5.41, 5.74) is 6.93. The van der Waals surface area contributed by atoms with E-state index < -0.39 is 0 Å². The maximum atomic E-state index is 6.30. The molecule has 4 heteroatoms. The number of hydrazine groups is 1. The van der Waals surface area contributed by atoms with E-state index in [1.807, 2.05) is 12.1 Å². The number of benzene rings is 2. The Bertz CT molecular complexity index is 630. The van der Waals surface area contributed by atoms with E-state index in [9.17, 15) is 0 Å². The molecule has 0 saturated heterocycles. The molecule has 0 spiro atoms. The third kappa shape index (κ3) is 2.63. The second-order valence-electron chi connectivity index (χ2n) is 5.22. The first-order chi connectivity index (χ1) is 9.69. The van der Waals surface area contributed by atoms with Gasteiger partial charge < -0.3 is 0 Å². The lowest BCUT2D eigenvalue weighted by Crippen LogP contribution is -2.45. The van der Waals surface area contributed by atoms with Crippen molar-refractivity contribution in [2.24, 2.45) is 5.84 Å². The van der Waals surface area contributed by atoms with Gasteiger partial charge in [-0.3, -0.25) is 11.3 Å². The van der Waals surface area contributed by atoms with Crippen LogP contribution in [0.4, 0.5) is 0 Å². The van der Waals surface area contributed by atoms with Gasteiger partial charge in [-0.2, -0.15) is 0 Å². The molecule has 0 saturated carbocycles. The molecule has 0 fully saturated rings. The Kier molecular flexibility index (Phi) is 4.13. The van der Waals surface area contributed by atoms with Gasteiger partial charge in [0.2, 0.25) is 0 Å². The van der Waals surface area contributed by atoms with E-state index in [2.05, 4.69) is 51.7 Å². The minimum Gasteiger partial charge on any atom is -0.271 e. The van der Waals surface area contributed by atoms with Crippen LogP contribution >= 0.6 is 27.5 Å². The van der Waals surface area contributed by atoms with Gasteiger partial charge >= 0.3 is 0 Å². The van der Waals surface area contributed by atoms with Crippen molar-refractivity contribution in [3.05, 3.63) is 68.7 Å². The Morgan fingerprint density at radius 2 is 2.10 bits per heavy atom. The molecule has 2 nitrogen and oxygen atoms in total. The molecule has 2 aromatic rings. The van der Waals surface area contributed by atoms with Crippen molar-refractivity contribution in [3.8, 4) is 0 Å². The molecule has 0 amide bonds. The van der Waals surface area contributed by atoms with Crippen LogP contribution in [-0.2, 0) is 12.8 Å². The van der Waals surface area contributed by atoms with Crippen molar-refractivity contribution < 1.29 is 0 Å². The SMILES string of the molecule is NNC(Cc1ccc(Br)cc1Cl)C1Cc2ccccc21. The van der Waals surface area contributed by atoms with Gasteiger partial charge in [-0.25, -0.2) is 0 Å². The van der Waals surface area contributed by atoms with Gasteiger partial charge in [0.05, 0.1) is 0 Å². The number of hydrogen-bond acceptors (Lipinski definition) is 2. The van der Waals surface area contributed by atoms with E-state index in [4.69, 9.17) is 17.4 Å². The predicted octanol–water partition coefficient (Wildman–Crippen LogP) is 3.82. The highest BCUT2D eigenvalue weighted by Crippen LogP contribution is 2.38. The fourth-order valence-corrected chi connectivity index (χ4v) is 3.65. The molecule has 0 aromatic heterocycles. The predicted molar refractivity (Wildman–Crippen MR) is 86.9 cm³/mol. The number of halogens is 2. The molecule has 3 N–H and O–H groups in total. The molecule has 20 heavy (non-hydrogen) atoms. The van der Waals surface area contributed by atoms with Crippen LogP contribution in [0.1, 0.15) is 22.6 Å². The van der Waals surface area contributed by atoms with E-state index in [1.54, 1.807) is 0 Å². The highest BCUT2D eigenvalue weighted by molar-refractivity contribution is 9.10. The van der Waals surface area contributed by atoms with Crippen LogP contribution in [0.25, 0.3) is 0 Å². The van der Waals surface area contributed by atoms with Crippen molar-refractivity contribution >= 4 is 27.5 Å². The first-order valence-electron chi connectivity index (χ1n) is 6.67. The van der Waals surface area contributed by atoms with Crippen LogP contribution in [0.15, 0.2) is 46.9 Å². The minimum atomic E-state index is 0.212. The standard InChI is InChI=1S/C16H16BrClN2/c17-12-6-5-11(15(18)9-12)8-16(20-19)14-7-10-3-1-2-4-13(10)14/h1-6,9,14,16,20H,7-8,19H2. The van der Waals surface area contributed by atoms with Crippen molar-refractivity contribution in [3.63, 3.8) is 0 Å². The van der Waals surface area contributed by atoms with Crippen LogP contribution in [0.2, 0.25) is 5.02 Å². The summed E-state index contributed by atoms with van der Waals surface area (Å²) in [6, 6.07) is 14.8. The summed E-state index contributed by atoms with van der Waals surface area (Å²) in [5, 5.41) is 0.784. The zero-order valence-electron chi connectivity index (χ0n) is 10.9. The molecular weight excluding hydrogens is 336 g/mol. The first kappa shape index (κ1) is 14.1. The molecule has 2 aromatic carbocycles.